The van der Waals surface area contributed by atoms with Gasteiger partial charge in [0.2, 0.25) is 0 Å². The number of aromatic nitrogens is 9. The van der Waals surface area contributed by atoms with E-state index in [4.69, 9.17) is 14.4 Å². The summed E-state index contributed by atoms with van der Waals surface area (Å²) in [4.78, 5) is 47.2. The summed E-state index contributed by atoms with van der Waals surface area (Å²) in [5.74, 6) is -0.925. The number of nitrogens with one attached hydrogen (secondary N) is 1. The molecule has 16 nitrogen and oxygen atoms in total. The quantitative estimate of drug-likeness (QED) is 0.182. The van der Waals surface area contributed by atoms with Gasteiger partial charge in [0.15, 0.2) is 11.6 Å². The van der Waals surface area contributed by atoms with Crippen molar-refractivity contribution in [2.24, 2.45) is 13.0 Å². The van der Waals surface area contributed by atoms with Crippen LogP contribution >= 0.6 is 0 Å². The molecule has 19 heteroatoms. The molecule has 4 atom stereocenters. The van der Waals surface area contributed by atoms with E-state index in [0.717, 1.165) is 29.3 Å². The third-order valence-corrected chi connectivity index (χ3v) is 14.2. The molecule has 1 aliphatic carbocycles. The van der Waals surface area contributed by atoms with Crippen LogP contribution in [0, 0.1) is 31.4 Å². The largest absolute Gasteiger partial charge is 0.438 e. The van der Waals surface area contributed by atoms with Crippen molar-refractivity contribution >= 4 is 57.3 Å². The van der Waals surface area contributed by atoms with Crippen molar-refractivity contribution in [3.05, 3.63) is 139 Å². The van der Waals surface area contributed by atoms with Crippen LogP contribution in [0.2, 0.25) is 0 Å². The van der Waals surface area contributed by atoms with Gasteiger partial charge in [0.05, 0.1) is 45.8 Å². The van der Waals surface area contributed by atoms with E-state index in [2.05, 4.69) is 54.2 Å². The van der Waals surface area contributed by atoms with Crippen LogP contribution in [0.4, 0.5) is 8.78 Å². The third-order valence-electron chi connectivity index (χ3n) is 14.2. The molecule has 1 saturated heterocycles. The Morgan fingerprint density at radius 1 is 0.940 bits per heavy atom. The monoisotopic (exact) mass is 923 g/mol. The number of H-pyrrole nitrogens is 1. The Kier molecular flexibility index (Phi) is 11.3. The molecule has 1 saturated carbocycles. The first kappa shape index (κ1) is 46.2. The number of halogens is 2. The van der Waals surface area contributed by atoms with Crippen molar-refractivity contribution in [2.45, 2.75) is 90.3 Å². The summed E-state index contributed by atoms with van der Waals surface area (Å²) in [6.07, 6.45) is 7.17. The van der Waals surface area contributed by atoms with Crippen molar-refractivity contribution < 1.29 is 28.3 Å². The molecule has 67 heavy (non-hydrogen) atoms. The van der Waals surface area contributed by atoms with Crippen molar-refractivity contribution in [3.8, 4) is 17.2 Å². The Bertz CT molecular complexity index is 3390. The average molecular weight is 924 g/mol. The van der Waals surface area contributed by atoms with E-state index in [1.54, 1.807) is 65.6 Å². The number of aryl methyl sites for hydroxylation is 3. The predicted octanol–water partition coefficient (Wildman–Crippen LogP) is 6.24. The van der Waals surface area contributed by atoms with E-state index in [-0.39, 0.29) is 75.3 Å². The van der Waals surface area contributed by atoms with Crippen molar-refractivity contribution in [1.82, 2.24) is 48.3 Å². The number of imidazole rings is 1. The number of carbonyl (C=O) groups excluding carboxylic acids is 1. The molecule has 0 bridgehead atoms. The molecule has 3 aliphatic rings. The van der Waals surface area contributed by atoms with Gasteiger partial charge >= 0.3 is 11.4 Å². The van der Waals surface area contributed by atoms with Crippen LogP contribution in [0.15, 0.2) is 81.2 Å². The molecule has 0 unspecified atom stereocenters. The van der Waals surface area contributed by atoms with Gasteiger partial charge in [0, 0.05) is 85.0 Å². The molecule has 3 aromatic carbocycles. The van der Waals surface area contributed by atoms with Gasteiger partial charge in [-0.2, -0.15) is 10.2 Å². The second-order valence-corrected chi connectivity index (χ2v) is 18.8. The van der Waals surface area contributed by atoms with Crippen molar-refractivity contribution in [1.29, 1.82) is 0 Å². The fraction of sp³-hybridized carbons (Fsp3) is 0.375. The number of nitrogens with zero attached hydrogens (tertiary/aromatic N) is 9. The van der Waals surface area contributed by atoms with Crippen molar-refractivity contribution in [3.63, 3.8) is 0 Å². The zero-order valence-corrected chi connectivity index (χ0v) is 40.6. The van der Waals surface area contributed by atoms with Gasteiger partial charge in [-0.25, -0.2) is 23.1 Å². The van der Waals surface area contributed by atoms with Crippen LogP contribution in [0.3, 0.4) is 0 Å². The molecule has 3 N–H and O–H groups in total. The topological polar surface area (TPSA) is 187 Å². The van der Waals surface area contributed by atoms with Gasteiger partial charge in [-0.15, -0.1) is 0 Å². The van der Waals surface area contributed by atoms with Crippen molar-refractivity contribution in [2.75, 3.05) is 13.2 Å². The zero-order chi connectivity index (χ0) is 45.4. The Balaban J connectivity index is 0.00000281. The minimum atomic E-state index is -0.857. The molecule has 1 amide bonds. The SMILES string of the molecule is Cc1cc(-n2nc3c(c2-n2ccn(-c4ccc5c(cnn5C)c4F)c2=O)[C@H](C)N(C(=O)c2cc4cc([C@H]5CCOC(C)(C)C5)ccc4n2[C@@]2(c4noc(=O)[nH]4)C[C@@H]2C)CC3)cc(C)c1F.O.[Na]. The van der Waals surface area contributed by atoms with Gasteiger partial charge < -0.3 is 19.7 Å². The maximum Gasteiger partial charge on any atom is 0.438 e. The third kappa shape index (κ3) is 7.09. The standard InChI is InChI=1S/C48H48F2N10O5.Na.H2O/c1-25-18-32(19-26(2)40(25)49)60-42(58-16-15-57(46(58)63)37-11-10-36-33(41(37)50)24-51-55(36)7)39-28(4)56(14-12-34(39)53-60)43(61)38-21-31-20-29(30-13-17-64-47(5,6)23-30)8-9-35(31)59(38)48(22-27(48)3)44-52-45(62)65-54-44;;/h8-11,15-16,18-21,24,27-28,30H,12-14,17,22-23H2,1-7H3,(H,52,54,62);;1H2/t27-,28-,30-,48-;;/m0../s1. The van der Waals surface area contributed by atoms with Crippen LogP contribution in [0.25, 0.3) is 39.0 Å². The maximum atomic E-state index is 16.1. The van der Waals surface area contributed by atoms with Crippen LogP contribution in [0.5, 0.6) is 0 Å². The summed E-state index contributed by atoms with van der Waals surface area (Å²) in [6, 6.07) is 14.3. The van der Waals surface area contributed by atoms with Gasteiger partial charge in [-0.1, -0.05) is 18.1 Å². The summed E-state index contributed by atoms with van der Waals surface area (Å²) in [7, 11) is 1.72. The summed E-state index contributed by atoms with van der Waals surface area (Å²) >= 11 is 0. The summed E-state index contributed by atoms with van der Waals surface area (Å²) in [5, 5.41) is 14.6. The van der Waals surface area contributed by atoms with E-state index < -0.39 is 28.8 Å². The smallest absolute Gasteiger partial charge is 0.412 e. The summed E-state index contributed by atoms with van der Waals surface area (Å²) < 4.78 is 50.2. The fourth-order valence-corrected chi connectivity index (χ4v) is 10.8. The van der Waals surface area contributed by atoms with Crippen LogP contribution in [-0.4, -0.2) is 108 Å². The van der Waals surface area contributed by atoms with E-state index in [0.29, 0.717) is 76.9 Å². The Hall–Kier alpha value is -5.92. The average Bonchev–Trinajstić information content (AvgIpc) is 3.90. The first-order valence-corrected chi connectivity index (χ1v) is 22.0. The molecule has 2 fully saturated rings. The number of hydrogen-bond donors (Lipinski definition) is 1. The Labute approximate surface area is 404 Å². The minimum absolute atomic E-state index is 0. The molecule has 0 spiro atoms. The first-order valence-electron chi connectivity index (χ1n) is 22.0. The predicted molar refractivity (Wildman–Crippen MR) is 247 cm³/mol. The number of aromatic amines is 1. The van der Waals surface area contributed by atoms with E-state index in [1.807, 2.05) is 17.6 Å². The molecule has 11 rings (SSSR count). The molecule has 7 heterocycles. The number of rotatable bonds is 7. The van der Waals surface area contributed by atoms with Crippen LogP contribution in [0.1, 0.15) is 103 Å². The Morgan fingerprint density at radius 2 is 1.66 bits per heavy atom. The molecule has 2 aliphatic heterocycles. The minimum Gasteiger partial charge on any atom is -0.412 e. The molecular weight excluding hydrogens is 874 g/mol. The number of carbonyl (C=O) groups is 1. The molecular formula is C48H50F2N10NaO6. The molecule has 5 aromatic heterocycles. The number of ether oxygens (including phenoxy) is 1. The fourth-order valence-electron chi connectivity index (χ4n) is 10.8. The number of hydrogen-bond acceptors (Lipinski definition) is 8. The number of amides is 1. The Morgan fingerprint density at radius 3 is 2.34 bits per heavy atom. The zero-order valence-electron chi connectivity index (χ0n) is 38.6. The van der Waals surface area contributed by atoms with Crippen LogP contribution < -0.4 is 11.4 Å². The molecule has 8 aromatic rings. The maximum absolute atomic E-state index is 16.1. The summed E-state index contributed by atoms with van der Waals surface area (Å²) in [5.41, 5.74) is 3.92. The number of fused-ring (bicyclic) bond motifs is 3. The van der Waals surface area contributed by atoms with E-state index in [1.165, 1.54) is 21.5 Å². The van der Waals surface area contributed by atoms with Gasteiger partial charge in [0.1, 0.15) is 22.9 Å². The number of benzene rings is 3. The van der Waals surface area contributed by atoms with Gasteiger partial charge in [0.25, 0.3) is 5.91 Å². The second-order valence-electron chi connectivity index (χ2n) is 18.8. The van der Waals surface area contributed by atoms with Gasteiger partial charge in [-0.3, -0.25) is 28.1 Å². The first-order chi connectivity index (χ1) is 31.1. The molecule has 1 radical (unpaired) electrons. The normalized spacial score (nSPS) is 21.0. The summed E-state index contributed by atoms with van der Waals surface area (Å²) in [6.45, 7) is 12.5. The van der Waals surface area contributed by atoms with Crippen LogP contribution in [-0.2, 0) is 23.7 Å². The second kappa shape index (κ2) is 16.4. The van der Waals surface area contributed by atoms with E-state index in [9.17, 15) is 9.59 Å². The van der Waals surface area contributed by atoms with E-state index >= 15 is 13.6 Å². The molecule has 343 valence electrons. The van der Waals surface area contributed by atoms with Gasteiger partial charge in [-0.05, 0) is 125 Å².